The SMILES string of the molecule is NS(=O)(=O)CCCNC(=O)c1ccon1. The Hall–Kier alpha value is -1.41. The van der Waals surface area contributed by atoms with Crippen molar-refractivity contribution in [2.45, 2.75) is 6.42 Å². The normalized spacial score (nSPS) is 11.3. The van der Waals surface area contributed by atoms with Crippen LogP contribution in [0.25, 0.3) is 0 Å². The van der Waals surface area contributed by atoms with E-state index in [4.69, 9.17) is 5.14 Å². The number of primary sulfonamides is 1. The van der Waals surface area contributed by atoms with Gasteiger partial charge < -0.3 is 9.84 Å². The highest BCUT2D eigenvalue weighted by atomic mass is 32.2. The summed E-state index contributed by atoms with van der Waals surface area (Å²) in [6.45, 7) is 0.224. The maximum atomic E-state index is 11.2. The second-order valence-corrected chi connectivity index (χ2v) is 4.60. The van der Waals surface area contributed by atoms with E-state index in [1.807, 2.05) is 0 Å². The van der Waals surface area contributed by atoms with Crippen LogP contribution in [0, 0.1) is 0 Å². The summed E-state index contributed by atoms with van der Waals surface area (Å²) in [5, 5.41) is 10.7. The Kier molecular flexibility index (Phi) is 3.81. The second-order valence-electron chi connectivity index (χ2n) is 2.86. The molecule has 84 valence electrons. The summed E-state index contributed by atoms with van der Waals surface area (Å²) in [4.78, 5) is 11.2. The van der Waals surface area contributed by atoms with E-state index in [2.05, 4.69) is 15.0 Å². The number of nitrogens with two attached hydrogens (primary N) is 1. The van der Waals surface area contributed by atoms with Gasteiger partial charge in [0.15, 0.2) is 5.69 Å². The number of carbonyl (C=O) groups excluding carboxylic acids is 1. The van der Waals surface area contributed by atoms with E-state index in [0.29, 0.717) is 0 Å². The number of carbonyl (C=O) groups is 1. The molecule has 0 fully saturated rings. The number of nitrogens with zero attached hydrogens (tertiary/aromatic N) is 1. The first-order valence-electron chi connectivity index (χ1n) is 4.18. The molecule has 0 radical (unpaired) electrons. The van der Waals surface area contributed by atoms with Gasteiger partial charge in [-0.15, -0.1) is 0 Å². The molecule has 1 heterocycles. The van der Waals surface area contributed by atoms with Crippen LogP contribution in [0.2, 0.25) is 0 Å². The predicted molar refractivity (Wildman–Crippen MR) is 51.4 cm³/mol. The van der Waals surface area contributed by atoms with E-state index in [1.165, 1.54) is 12.3 Å². The van der Waals surface area contributed by atoms with Gasteiger partial charge in [-0.05, 0) is 6.42 Å². The van der Waals surface area contributed by atoms with Crippen molar-refractivity contribution >= 4 is 15.9 Å². The van der Waals surface area contributed by atoms with Crippen molar-refractivity contribution in [2.75, 3.05) is 12.3 Å². The first-order valence-corrected chi connectivity index (χ1v) is 5.89. The van der Waals surface area contributed by atoms with Gasteiger partial charge in [-0.25, -0.2) is 13.6 Å². The third-order valence-electron chi connectivity index (χ3n) is 1.56. The molecule has 7 nitrogen and oxygen atoms in total. The molecule has 0 saturated heterocycles. The minimum atomic E-state index is -3.46. The molecule has 0 bridgehead atoms. The molecule has 0 aliphatic carbocycles. The number of hydrogen-bond donors (Lipinski definition) is 2. The first-order chi connectivity index (χ1) is 6.99. The Bertz CT molecular complexity index is 411. The van der Waals surface area contributed by atoms with Gasteiger partial charge in [0.1, 0.15) is 6.26 Å². The van der Waals surface area contributed by atoms with Gasteiger partial charge in [-0.1, -0.05) is 5.16 Å². The van der Waals surface area contributed by atoms with E-state index in [-0.39, 0.29) is 24.4 Å². The molecule has 0 aromatic carbocycles. The molecule has 0 saturated carbocycles. The second kappa shape index (κ2) is 4.89. The Labute approximate surface area is 86.7 Å². The third-order valence-corrected chi connectivity index (χ3v) is 2.42. The van der Waals surface area contributed by atoms with Crippen molar-refractivity contribution in [2.24, 2.45) is 5.14 Å². The van der Waals surface area contributed by atoms with E-state index in [1.54, 1.807) is 0 Å². The zero-order valence-corrected chi connectivity index (χ0v) is 8.66. The Morgan fingerprint density at radius 3 is 2.87 bits per heavy atom. The van der Waals surface area contributed by atoms with Crippen LogP contribution in [0.1, 0.15) is 16.9 Å². The van der Waals surface area contributed by atoms with Crippen LogP contribution in [-0.2, 0) is 10.0 Å². The third kappa shape index (κ3) is 4.56. The number of sulfonamides is 1. The molecule has 0 atom stereocenters. The zero-order valence-electron chi connectivity index (χ0n) is 7.84. The largest absolute Gasteiger partial charge is 0.364 e. The van der Waals surface area contributed by atoms with E-state index in [0.717, 1.165) is 0 Å². The molecule has 1 aromatic rings. The molecule has 3 N–H and O–H groups in total. The number of hydrogen-bond acceptors (Lipinski definition) is 5. The molecule has 1 aromatic heterocycles. The summed E-state index contributed by atoms with van der Waals surface area (Å²) in [6, 6.07) is 1.41. The lowest BCUT2D eigenvalue weighted by Crippen LogP contribution is -2.27. The summed E-state index contributed by atoms with van der Waals surface area (Å²) in [5.74, 6) is -0.565. The molecule has 0 spiro atoms. The number of aromatic nitrogens is 1. The standard InChI is InChI=1S/C7H11N3O4S/c8-15(12,13)5-1-3-9-7(11)6-2-4-14-10-6/h2,4H,1,3,5H2,(H,9,11)(H2,8,12,13). The van der Waals surface area contributed by atoms with Gasteiger partial charge in [0.25, 0.3) is 5.91 Å². The molecule has 1 rings (SSSR count). The quantitative estimate of drug-likeness (QED) is 0.638. The summed E-state index contributed by atoms with van der Waals surface area (Å²) >= 11 is 0. The molecule has 8 heteroatoms. The fourth-order valence-corrected chi connectivity index (χ4v) is 1.44. The molecule has 0 aliphatic rings. The minimum Gasteiger partial charge on any atom is -0.364 e. The predicted octanol–water partition coefficient (Wildman–Crippen LogP) is -0.917. The molecular weight excluding hydrogens is 222 g/mol. The van der Waals surface area contributed by atoms with Crippen molar-refractivity contribution in [3.63, 3.8) is 0 Å². The van der Waals surface area contributed by atoms with E-state index >= 15 is 0 Å². The monoisotopic (exact) mass is 233 g/mol. The Morgan fingerprint density at radius 2 is 2.33 bits per heavy atom. The first kappa shape index (κ1) is 11.7. The highest BCUT2D eigenvalue weighted by Crippen LogP contribution is 1.93. The van der Waals surface area contributed by atoms with Crippen LogP contribution in [0.15, 0.2) is 16.9 Å². The highest BCUT2D eigenvalue weighted by Gasteiger charge is 2.08. The number of rotatable bonds is 5. The van der Waals surface area contributed by atoms with Gasteiger partial charge in [-0.2, -0.15) is 0 Å². The summed E-state index contributed by atoms with van der Waals surface area (Å²) in [6.07, 6.45) is 1.54. The van der Waals surface area contributed by atoms with Crippen molar-refractivity contribution in [3.8, 4) is 0 Å². The van der Waals surface area contributed by atoms with Gasteiger partial charge in [0.2, 0.25) is 10.0 Å². The maximum absolute atomic E-state index is 11.2. The van der Waals surface area contributed by atoms with Crippen molar-refractivity contribution in [1.29, 1.82) is 0 Å². The molecule has 0 aliphatic heterocycles. The average Bonchev–Trinajstić information content (AvgIpc) is 2.63. The van der Waals surface area contributed by atoms with Crippen LogP contribution < -0.4 is 10.5 Å². The highest BCUT2D eigenvalue weighted by molar-refractivity contribution is 7.89. The fourth-order valence-electron chi connectivity index (χ4n) is 0.895. The van der Waals surface area contributed by atoms with Crippen LogP contribution in [-0.4, -0.2) is 31.8 Å². The van der Waals surface area contributed by atoms with Crippen LogP contribution in [0.4, 0.5) is 0 Å². The van der Waals surface area contributed by atoms with Gasteiger partial charge >= 0.3 is 0 Å². The van der Waals surface area contributed by atoms with Gasteiger partial charge in [-0.3, -0.25) is 4.79 Å². The van der Waals surface area contributed by atoms with E-state index in [9.17, 15) is 13.2 Å². The smallest absolute Gasteiger partial charge is 0.273 e. The van der Waals surface area contributed by atoms with E-state index < -0.39 is 15.9 Å². The minimum absolute atomic E-state index is 0.158. The fraction of sp³-hybridized carbons (Fsp3) is 0.429. The average molecular weight is 233 g/mol. The summed E-state index contributed by atoms with van der Waals surface area (Å²) in [5.41, 5.74) is 0.158. The lowest BCUT2D eigenvalue weighted by molar-refractivity contribution is 0.0944. The number of amides is 1. The molecule has 0 unspecified atom stereocenters. The Morgan fingerprint density at radius 1 is 1.60 bits per heavy atom. The van der Waals surface area contributed by atoms with Gasteiger partial charge in [0, 0.05) is 12.6 Å². The lowest BCUT2D eigenvalue weighted by atomic mass is 10.4. The van der Waals surface area contributed by atoms with Crippen molar-refractivity contribution < 1.29 is 17.7 Å². The van der Waals surface area contributed by atoms with Gasteiger partial charge in [0.05, 0.1) is 5.75 Å². The molecule has 15 heavy (non-hydrogen) atoms. The number of nitrogens with one attached hydrogen (secondary N) is 1. The van der Waals surface area contributed by atoms with Crippen molar-refractivity contribution in [3.05, 3.63) is 18.0 Å². The van der Waals surface area contributed by atoms with Crippen LogP contribution in [0.5, 0.6) is 0 Å². The Balaban J connectivity index is 2.24. The van der Waals surface area contributed by atoms with Crippen LogP contribution >= 0.6 is 0 Å². The molecule has 1 amide bonds. The summed E-state index contributed by atoms with van der Waals surface area (Å²) in [7, 11) is -3.46. The zero-order chi connectivity index (χ0) is 11.3. The molecular formula is C7H11N3O4S. The van der Waals surface area contributed by atoms with Crippen molar-refractivity contribution in [1.82, 2.24) is 10.5 Å². The maximum Gasteiger partial charge on any atom is 0.273 e. The van der Waals surface area contributed by atoms with Crippen LogP contribution in [0.3, 0.4) is 0 Å². The topological polar surface area (TPSA) is 115 Å². The summed E-state index contributed by atoms with van der Waals surface area (Å²) < 4.78 is 25.6. The lowest BCUT2D eigenvalue weighted by Gasteiger charge is -2.01.